The Morgan fingerprint density at radius 1 is 1.33 bits per heavy atom. The lowest BCUT2D eigenvalue weighted by Gasteiger charge is -2.06. The van der Waals surface area contributed by atoms with Crippen LogP contribution in [-0.2, 0) is 11.3 Å². The average molecular weight is 302 g/mol. The first-order valence-corrected chi connectivity index (χ1v) is 6.88. The Morgan fingerprint density at radius 3 is 2.95 bits per heavy atom. The second-order valence-corrected chi connectivity index (χ2v) is 4.92. The van der Waals surface area contributed by atoms with Crippen molar-refractivity contribution in [3.63, 3.8) is 0 Å². The number of hydrogen-bond acceptors (Lipinski definition) is 6. The highest BCUT2D eigenvalue weighted by Crippen LogP contribution is 2.09. The lowest BCUT2D eigenvalue weighted by molar-refractivity contribution is -0.117. The van der Waals surface area contributed by atoms with Crippen molar-refractivity contribution in [2.75, 3.05) is 5.32 Å². The van der Waals surface area contributed by atoms with E-state index in [1.165, 1.54) is 22.1 Å². The van der Waals surface area contributed by atoms with Crippen LogP contribution in [0.4, 0.5) is 5.13 Å². The Hall–Kier alpha value is -2.81. The van der Waals surface area contributed by atoms with Crippen molar-refractivity contribution in [3.8, 4) is 5.82 Å². The lowest BCUT2D eigenvalue weighted by atomic mass is 10.5. The number of nitrogens with zero attached hydrogens (tertiary/aromatic N) is 5. The van der Waals surface area contributed by atoms with Crippen LogP contribution in [0.5, 0.6) is 0 Å². The van der Waals surface area contributed by atoms with E-state index in [1.807, 2.05) is 0 Å². The maximum Gasteiger partial charge on any atom is 0.267 e. The molecule has 0 unspecified atom stereocenters. The maximum atomic E-state index is 11.9. The monoisotopic (exact) mass is 302 g/mol. The van der Waals surface area contributed by atoms with Gasteiger partial charge in [-0.15, -0.1) is 16.4 Å². The molecular weight excluding hydrogens is 292 g/mol. The molecule has 3 heterocycles. The molecule has 106 valence electrons. The average Bonchev–Trinajstić information content (AvgIpc) is 3.14. The zero-order valence-corrected chi connectivity index (χ0v) is 11.5. The van der Waals surface area contributed by atoms with Gasteiger partial charge < -0.3 is 5.32 Å². The molecule has 0 radical (unpaired) electrons. The topological polar surface area (TPSA) is 94.7 Å². The van der Waals surface area contributed by atoms with Crippen LogP contribution in [0.1, 0.15) is 0 Å². The molecule has 0 atom stereocenters. The predicted octanol–water partition coefficient (Wildman–Crippen LogP) is 0.524. The van der Waals surface area contributed by atoms with Gasteiger partial charge in [0, 0.05) is 30.0 Å². The van der Waals surface area contributed by atoms with E-state index in [1.54, 1.807) is 36.1 Å². The van der Waals surface area contributed by atoms with E-state index in [9.17, 15) is 9.59 Å². The maximum absolute atomic E-state index is 11.9. The van der Waals surface area contributed by atoms with Crippen molar-refractivity contribution in [2.24, 2.45) is 0 Å². The van der Waals surface area contributed by atoms with Gasteiger partial charge in [-0.3, -0.25) is 9.59 Å². The molecule has 0 aliphatic rings. The van der Waals surface area contributed by atoms with Gasteiger partial charge in [-0.05, 0) is 12.1 Å². The highest BCUT2D eigenvalue weighted by molar-refractivity contribution is 7.13. The molecular formula is C12H10N6O2S. The van der Waals surface area contributed by atoms with E-state index in [4.69, 9.17) is 0 Å². The van der Waals surface area contributed by atoms with Gasteiger partial charge in [0.25, 0.3) is 5.56 Å². The second kappa shape index (κ2) is 5.67. The number of carbonyl (C=O) groups is 1. The first-order chi connectivity index (χ1) is 10.2. The molecule has 0 saturated carbocycles. The summed E-state index contributed by atoms with van der Waals surface area (Å²) in [5.74, 6) is 0.0961. The highest BCUT2D eigenvalue weighted by atomic mass is 32.1. The summed E-state index contributed by atoms with van der Waals surface area (Å²) < 4.78 is 2.59. The Morgan fingerprint density at radius 2 is 2.24 bits per heavy atom. The minimum atomic E-state index is -0.364. The van der Waals surface area contributed by atoms with Crippen molar-refractivity contribution in [1.82, 2.24) is 24.5 Å². The van der Waals surface area contributed by atoms with Crippen LogP contribution in [0, 0.1) is 0 Å². The third-order valence-corrected chi connectivity index (χ3v) is 3.25. The number of carbonyl (C=O) groups excluding carboxylic acids is 1. The molecule has 21 heavy (non-hydrogen) atoms. The second-order valence-electron chi connectivity index (χ2n) is 4.02. The van der Waals surface area contributed by atoms with Gasteiger partial charge in [-0.25, -0.2) is 14.3 Å². The molecule has 0 aliphatic heterocycles. The summed E-state index contributed by atoms with van der Waals surface area (Å²) in [5, 5.41) is 13.0. The zero-order valence-electron chi connectivity index (χ0n) is 10.7. The molecule has 3 aromatic rings. The third-order valence-electron chi connectivity index (χ3n) is 2.56. The summed E-state index contributed by atoms with van der Waals surface area (Å²) in [6.07, 6.45) is 4.89. The van der Waals surface area contributed by atoms with Crippen LogP contribution < -0.4 is 10.9 Å². The Balaban J connectivity index is 1.80. The number of rotatable bonds is 4. The summed E-state index contributed by atoms with van der Waals surface area (Å²) in [7, 11) is 0. The largest absolute Gasteiger partial charge is 0.300 e. The molecule has 0 bridgehead atoms. The number of amides is 1. The Labute approximate surface area is 122 Å². The summed E-state index contributed by atoms with van der Waals surface area (Å²) in [4.78, 5) is 27.6. The van der Waals surface area contributed by atoms with Gasteiger partial charge >= 0.3 is 0 Å². The van der Waals surface area contributed by atoms with Crippen LogP contribution in [0.3, 0.4) is 0 Å². The summed E-state index contributed by atoms with van der Waals surface area (Å²) in [6.45, 7) is -0.187. The van der Waals surface area contributed by atoms with Gasteiger partial charge in [-0.1, -0.05) is 0 Å². The minimum absolute atomic E-state index is 0.187. The number of thiazole rings is 1. The minimum Gasteiger partial charge on any atom is -0.300 e. The van der Waals surface area contributed by atoms with Crippen molar-refractivity contribution < 1.29 is 4.79 Å². The molecule has 3 rings (SSSR count). The zero-order chi connectivity index (χ0) is 14.7. The normalized spacial score (nSPS) is 10.5. The molecule has 9 heteroatoms. The standard InChI is InChI=1S/C12H10N6O2S/c19-10(15-12-13-5-7-21-12)8-18-11(20)3-2-9(16-18)17-6-1-4-14-17/h1-7H,8H2,(H,13,15,19). The Bertz CT molecular complexity index is 794. The lowest BCUT2D eigenvalue weighted by Crippen LogP contribution is -2.30. The summed E-state index contributed by atoms with van der Waals surface area (Å²) >= 11 is 1.30. The van der Waals surface area contributed by atoms with E-state index in [2.05, 4.69) is 20.5 Å². The fourth-order valence-corrected chi connectivity index (χ4v) is 2.20. The molecule has 1 N–H and O–H groups in total. The van der Waals surface area contributed by atoms with E-state index in [-0.39, 0.29) is 18.0 Å². The molecule has 1 amide bonds. The fraction of sp³-hybridized carbons (Fsp3) is 0.0833. The molecule has 0 aromatic carbocycles. The predicted molar refractivity (Wildman–Crippen MR) is 76.4 cm³/mol. The van der Waals surface area contributed by atoms with Crippen LogP contribution in [-0.4, -0.2) is 30.5 Å². The van der Waals surface area contributed by atoms with E-state index < -0.39 is 0 Å². The first kappa shape index (κ1) is 13.2. The van der Waals surface area contributed by atoms with E-state index in [0.717, 1.165) is 4.68 Å². The smallest absolute Gasteiger partial charge is 0.267 e. The van der Waals surface area contributed by atoms with Gasteiger partial charge in [0.1, 0.15) is 6.54 Å². The van der Waals surface area contributed by atoms with Crippen molar-refractivity contribution in [2.45, 2.75) is 6.54 Å². The molecule has 0 fully saturated rings. The van der Waals surface area contributed by atoms with Crippen molar-refractivity contribution >= 4 is 22.4 Å². The SMILES string of the molecule is O=C(Cn1nc(-n2cccn2)ccc1=O)Nc1nccs1. The number of aromatic nitrogens is 5. The third kappa shape index (κ3) is 3.03. The van der Waals surface area contributed by atoms with Crippen molar-refractivity contribution in [3.05, 3.63) is 52.5 Å². The molecule has 0 saturated heterocycles. The van der Waals surface area contributed by atoms with Gasteiger partial charge in [0.15, 0.2) is 10.9 Å². The first-order valence-electron chi connectivity index (χ1n) is 6.00. The molecule has 8 nitrogen and oxygen atoms in total. The van der Waals surface area contributed by atoms with Crippen LogP contribution in [0.2, 0.25) is 0 Å². The van der Waals surface area contributed by atoms with Crippen LogP contribution in [0.15, 0.2) is 47.0 Å². The molecule has 0 aliphatic carbocycles. The molecule has 0 spiro atoms. The van der Waals surface area contributed by atoms with Gasteiger partial charge in [0.05, 0.1) is 0 Å². The molecule has 3 aromatic heterocycles. The van der Waals surface area contributed by atoms with Gasteiger partial charge in [-0.2, -0.15) is 5.10 Å². The highest BCUT2D eigenvalue weighted by Gasteiger charge is 2.09. The van der Waals surface area contributed by atoms with Gasteiger partial charge in [0.2, 0.25) is 5.91 Å². The van der Waals surface area contributed by atoms with Crippen LogP contribution in [0.25, 0.3) is 5.82 Å². The van der Waals surface area contributed by atoms with Crippen molar-refractivity contribution in [1.29, 1.82) is 0 Å². The fourth-order valence-electron chi connectivity index (χ4n) is 1.66. The van der Waals surface area contributed by atoms with E-state index in [0.29, 0.717) is 10.9 Å². The number of nitrogens with one attached hydrogen (secondary N) is 1. The van der Waals surface area contributed by atoms with Crippen LogP contribution >= 0.6 is 11.3 Å². The summed E-state index contributed by atoms with van der Waals surface area (Å²) in [5.41, 5.74) is -0.361. The van der Waals surface area contributed by atoms with E-state index >= 15 is 0 Å². The quantitative estimate of drug-likeness (QED) is 0.758. The number of hydrogen-bond donors (Lipinski definition) is 1. The Kier molecular flexibility index (Phi) is 3.56. The summed E-state index contributed by atoms with van der Waals surface area (Å²) in [6, 6.07) is 4.64. The number of anilines is 1.